The highest BCUT2D eigenvalue weighted by Gasteiger charge is 2.39. The van der Waals surface area contributed by atoms with Crippen LogP contribution in [0.4, 0.5) is 18.0 Å². The molecule has 0 radical (unpaired) electrons. The van der Waals surface area contributed by atoms with E-state index in [0.29, 0.717) is 13.0 Å². The number of amides is 2. The van der Waals surface area contributed by atoms with Crippen LogP contribution in [0.5, 0.6) is 0 Å². The van der Waals surface area contributed by atoms with Crippen LogP contribution in [-0.2, 0) is 4.79 Å². The van der Waals surface area contributed by atoms with Crippen molar-refractivity contribution in [3.63, 3.8) is 0 Å². The Morgan fingerprint density at radius 2 is 2.06 bits per heavy atom. The van der Waals surface area contributed by atoms with E-state index in [0.717, 1.165) is 4.90 Å². The van der Waals surface area contributed by atoms with E-state index in [9.17, 15) is 22.8 Å². The van der Waals surface area contributed by atoms with E-state index in [4.69, 9.17) is 5.11 Å². The summed E-state index contributed by atoms with van der Waals surface area (Å²) in [5.74, 6) is -2.23. The molecule has 0 saturated carbocycles. The number of carbonyl (C=O) groups is 2. The molecule has 1 heterocycles. The van der Waals surface area contributed by atoms with Crippen LogP contribution in [0.15, 0.2) is 0 Å². The molecule has 1 fully saturated rings. The quantitative estimate of drug-likeness (QED) is 0.745. The van der Waals surface area contributed by atoms with Crippen molar-refractivity contribution < 1.29 is 27.9 Å². The highest BCUT2D eigenvalue weighted by Crippen LogP contribution is 2.17. The number of likely N-dealkylation sites (tertiary alicyclic amines) is 1. The van der Waals surface area contributed by atoms with Gasteiger partial charge in [-0.3, -0.25) is 4.79 Å². The molecule has 1 aliphatic heterocycles. The van der Waals surface area contributed by atoms with Gasteiger partial charge in [-0.2, -0.15) is 13.2 Å². The van der Waals surface area contributed by atoms with E-state index in [1.807, 2.05) is 0 Å². The number of carbonyl (C=O) groups excluding carboxylic acids is 1. The number of hydrogen-bond donors (Lipinski definition) is 2. The molecule has 0 aromatic heterocycles. The summed E-state index contributed by atoms with van der Waals surface area (Å²) in [7, 11) is 0. The first-order valence-corrected chi connectivity index (χ1v) is 4.63. The molecule has 16 heavy (non-hydrogen) atoms. The number of halogens is 3. The first kappa shape index (κ1) is 12.6. The van der Waals surface area contributed by atoms with Gasteiger partial charge in [0.15, 0.2) is 0 Å². The average molecular weight is 240 g/mol. The summed E-state index contributed by atoms with van der Waals surface area (Å²) >= 11 is 0. The molecule has 8 heteroatoms. The Balaban J connectivity index is 2.31. The fourth-order valence-electron chi connectivity index (χ4n) is 1.51. The van der Waals surface area contributed by atoms with Gasteiger partial charge in [0.1, 0.15) is 0 Å². The predicted octanol–water partition coefficient (Wildman–Crippen LogP) is 0.665. The minimum Gasteiger partial charge on any atom is -0.465 e. The molecule has 1 saturated heterocycles. The first-order valence-electron chi connectivity index (χ1n) is 4.63. The normalized spacial score (nSPS) is 20.9. The van der Waals surface area contributed by atoms with E-state index >= 15 is 0 Å². The van der Waals surface area contributed by atoms with Crippen molar-refractivity contribution >= 4 is 12.0 Å². The van der Waals surface area contributed by atoms with Gasteiger partial charge >= 0.3 is 18.2 Å². The lowest BCUT2D eigenvalue weighted by atomic mass is 10.1. The second kappa shape index (κ2) is 4.58. The van der Waals surface area contributed by atoms with Crippen LogP contribution in [0.25, 0.3) is 0 Å². The molecule has 1 aliphatic rings. The number of rotatable bonds is 2. The number of hydrogen-bond acceptors (Lipinski definition) is 2. The van der Waals surface area contributed by atoms with Gasteiger partial charge in [0, 0.05) is 19.6 Å². The predicted molar refractivity (Wildman–Crippen MR) is 46.8 cm³/mol. The molecule has 0 unspecified atom stereocenters. The Hall–Kier alpha value is -1.47. The fraction of sp³-hybridized carbons (Fsp3) is 0.750. The van der Waals surface area contributed by atoms with Crippen LogP contribution in [0, 0.1) is 5.92 Å². The fourth-order valence-corrected chi connectivity index (χ4v) is 1.51. The van der Waals surface area contributed by atoms with Crippen molar-refractivity contribution in [1.82, 2.24) is 10.2 Å². The van der Waals surface area contributed by atoms with E-state index in [1.165, 1.54) is 0 Å². The Kier molecular flexibility index (Phi) is 3.61. The summed E-state index contributed by atoms with van der Waals surface area (Å²) in [5, 5.41) is 10.3. The van der Waals surface area contributed by atoms with Gasteiger partial charge in [0.2, 0.25) is 0 Å². The minimum absolute atomic E-state index is 0.151. The molecule has 0 aromatic rings. The Morgan fingerprint density at radius 1 is 1.44 bits per heavy atom. The molecule has 0 spiro atoms. The molecule has 1 atom stereocenters. The zero-order chi connectivity index (χ0) is 12.3. The molecule has 1 rings (SSSR count). The molecule has 2 amide bonds. The second-order valence-electron chi connectivity index (χ2n) is 3.59. The third kappa shape index (κ3) is 3.28. The van der Waals surface area contributed by atoms with Crippen LogP contribution in [0.3, 0.4) is 0 Å². The number of carboxylic acid groups (broad SMARTS) is 1. The Bertz CT molecular complexity index is 293. The largest absolute Gasteiger partial charge is 0.471 e. The Morgan fingerprint density at radius 3 is 2.50 bits per heavy atom. The van der Waals surface area contributed by atoms with Crippen molar-refractivity contribution in [2.75, 3.05) is 19.6 Å². The summed E-state index contributed by atoms with van der Waals surface area (Å²) in [6, 6.07) is 0. The first-order chi connectivity index (χ1) is 7.30. The van der Waals surface area contributed by atoms with Crippen LogP contribution in [-0.4, -0.2) is 47.8 Å². The van der Waals surface area contributed by atoms with Crippen molar-refractivity contribution in [3.8, 4) is 0 Å². The summed E-state index contributed by atoms with van der Waals surface area (Å²) in [5.41, 5.74) is 0. The lowest BCUT2D eigenvalue weighted by Gasteiger charge is -2.13. The van der Waals surface area contributed by atoms with Crippen LogP contribution < -0.4 is 5.32 Å². The van der Waals surface area contributed by atoms with Crippen molar-refractivity contribution in [1.29, 1.82) is 0 Å². The van der Waals surface area contributed by atoms with Crippen LogP contribution in [0.2, 0.25) is 0 Å². The van der Waals surface area contributed by atoms with E-state index in [-0.39, 0.29) is 19.0 Å². The van der Waals surface area contributed by atoms with Gasteiger partial charge in [0.05, 0.1) is 0 Å². The van der Waals surface area contributed by atoms with Gasteiger partial charge in [-0.15, -0.1) is 0 Å². The minimum atomic E-state index is -4.88. The van der Waals surface area contributed by atoms with Gasteiger partial charge in [0.25, 0.3) is 0 Å². The summed E-state index contributed by atoms with van der Waals surface area (Å²) in [4.78, 5) is 22.1. The lowest BCUT2D eigenvalue weighted by molar-refractivity contribution is -0.173. The van der Waals surface area contributed by atoms with Gasteiger partial charge in [-0.25, -0.2) is 4.79 Å². The molecule has 5 nitrogen and oxygen atoms in total. The smallest absolute Gasteiger partial charge is 0.465 e. The van der Waals surface area contributed by atoms with E-state index < -0.39 is 18.2 Å². The maximum atomic E-state index is 11.8. The number of nitrogens with zero attached hydrogens (tertiary/aromatic N) is 1. The van der Waals surface area contributed by atoms with E-state index in [2.05, 4.69) is 0 Å². The number of nitrogens with one attached hydrogen (secondary N) is 1. The van der Waals surface area contributed by atoms with Crippen LogP contribution >= 0.6 is 0 Å². The van der Waals surface area contributed by atoms with Crippen molar-refractivity contribution in [2.24, 2.45) is 5.92 Å². The molecule has 0 aliphatic carbocycles. The maximum absolute atomic E-state index is 11.8. The topological polar surface area (TPSA) is 69.6 Å². The Labute approximate surface area is 89.2 Å². The van der Waals surface area contributed by atoms with Gasteiger partial charge < -0.3 is 15.3 Å². The van der Waals surface area contributed by atoms with Crippen molar-refractivity contribution in [3.05, 3.63) is 0 Å². The molecular weight excluding hydrogens is 229 g/mol. The van der Waals surface area contributed by atoms with Crippen molar-refractivity contribution in [2.45, 2.75) is 12.6 Å². The van der Waals surface area contributed by atoms with Crippen LogP contribution in [0.1, 0.15) is 6.42 Å². The van der Waals surface area contributed by atoms with E-state index in [1.54, 1.807) is 5.32 Å². The SMILES string of the molecule is O=C(O)N1CC[C@H](CNC(=O)C(F)(F)F)C1. The number of alkyl halides is 3. The third-order valence-electron chi connectivity index (χ3n) is 2.37. The standard InChI is InChI=1S/C8H11F3N2O3/c9-8(10,11)6(14)12-3-5-1-2-13(4-5)7(15)16/h5H,1-4H2,(H,12,14)(H,15,16)/t5-/m1/s1. The molecule has 0 aromatic carbocycles. The zero-order valence-corrected chi connectivity index (χ0v) is 8.25. The molecule has 2 N–H and O–H groups in total. The summed E-state index contributed by atoms with van der Waals surface area (Å²) in [6.07, 6.45) is -5.51. The highest BCUT2D eigenvalue weighted by molar-refractivity contribution is 5.81. The highest BCUT2D eigenvalue weighted by atomic mass is 19.4. The zero-order valence-electron chi connectivity index (χ0n) is 8.25. The summed E-state index contributed by atoms with van der Waals surface area (Å²) in [6.45, 7) is 0.303. The second-order valence-corrected chi connectivity index (χ2v) is 3.59. The lowest BCUT2D eigenvalue weighted by Crippen LogP contribution is -2.40. The average Bonchev–Trinajstić information content (AvgIpc) is 2.60. The third-order valence-corrected chi connectivity index (χ3v) is 2.37. The van der Waals surface area contributed by atoms with Gasteiger partial charge in [-0.05, 0) is 12.3 Å². The molecule has 0 bridgehead atoms. The summed E-state index contributed by atoms with van der Waals surface area (Å²) < 4.78 is 35.4. The maximum Gasteiger partial charge on any atom is 0.471 e. The molecule has 92 valence electrons. The molecular formula is C8H11F3N2O3. The monoisotopic (exact) mass is 240 g/mol. The van der Waals surface area contributed by atoms with Gasteiger partial charge in [-0.1, -0.05) is 0 Å².